The number of hydrogen-bond acceptors (Lipinski definition) is 3. The highest BCUT2D eigenvalue weighted by Crippen LogP contribution is 2.70. The van der Waals surface area contributed by atoms with Crippen LogP contribution < -0.4 is 0 Å². The minimum absolute atomic E-state index is 0.0565. The average molecular weight is 387 g/mol. The zero-order valence-electron chi connectivity index (χ0n) is 18.0. The van der Waals surface area contributed by atoms with Crippen molar-refractivity contribution in [1.29, 1.82) is 0 Å². The number of fused-ring (bicyclic) bond motifs is 5. The maximum atomic E-state index is 12.3. The molecule has 3 nitrogen and oxygen atoms in total. The number of esters is 1. The largest absolute Gasteiger partial charge is 0.459 e. The molecule has 3 unspecified atom stereocenters. The van der Waals surface area contributed by atoms with Crippen LogP contribution in [0.1, 0.15) is 85.0 Å². The first-order valence-corrected chi connectivity index (χ1v) is 11.9. The lowest BCUT2D eigenvalue weighted by Gasteiger charge is -2.63. The molecule has 0 radical (unpaired) electrons. The molecule has 4 aliphatic carbocycles. The number of carbonyl (C=O) groups excluding carboxylic acids is 1. The van der Waals surface area contributed by atoms with E-state index in [0.29, 0.717) is 23.2 Å². The van der Waals surface area contributed by atoms with Crippen molar-refractivity contribution in [1.82, 2.24) is 0 Å². The Labute approximate surface area is 170 Å². The fourth-order valence-corrected chi connectivity index (χ4v) is 9.03. The van der Waals surface area contributed by atoms with Crippen molar-refractivity contribution in [2.45, 2.75) is 96.7 Å². The summed E-state index contributed by atoms with van der Waals surface area (Å²) in [5, 5.41) is 12.3. The first-order chi connectivity index (χ1) is 13.3. The van der Waals surface area contributed by atoms with Gasteiger partial charge in [0.1, 0.15) is 6.10 Å². The van der Waals surface area contributed by atoms with E-state index >= 15 is 0 Å². The summed E-state index contributed by atoms with van der Waals surface area (Å²) in [6, 6.07) is 0. The Bertz CT molecular complexity index is 685. The predicted octanol–water partition coefficient (Wildman–Crippen LogP) is 5.27. The van der Waals surface area contributed by atoms with Crippen LogP contribution in [0.15, 0.2) is 12.2 Å². The molecule has 3 heteroatoms. The van der Waals surface area contributed by atoms with Gasteiger partial charge in [0.05, 0.1) is 5.60 Å². The first kappa shape index (κ1) is 19.2. The molecule has 4 fully saturated rings. The smallest absolute Gasteiger partial charge is 0.330 e. The lowest BCUT2D eigenvalue weighted by molar-refractivity contribution is -0.210. The zero-order valence-corrected chi connectivity index (χ0v) is 18.0. The van der Waals surface area contributed by atoms with Gasteiger partial charge in [0, 0.05) is 17.4 Å². The number of hydrogen-bond donors (Lipinski definition) is 1. The molecule has 1 N–H and O–H groups in total. The van der Waals surface area contributed by atoms with Crippen LogP contribution in [-0.4, -0.2) is 22.8 Å². The standard InChI is InChI=1S/C25H38O3/c1-16-18(8-10-22(26)28-16)19-12-15-25(27)21-9-7-17-6-4-5-13-23(17,2)20(21)11-14-24(19,25)3/h8,10,16-21,27H,4-7,9,11-15H2,1-3H3/t16?,17-,18?,19+,20?,21+,23-,24+,25-/m0/s1. The lowest BCUT2D eigenvalue weighted by Crippen LogP contribution is -2.62. The second-order valence-corrected chi connectivity index (χ2v) is 11.3. The summed E-state index contributed by atoms with van der Waals surface area (Å²) in [5.41, 5.74) is -0.149. The summed E-state index contributed by atoms with van der Waals surface area (Å²) in [6.45, 7) is 6.97. The topological polar surface area (TPSA) is 46.5 Å². The van der Waals surface area contributed by atoms with E-state index in [1.165, 1.54) is 44.9 Å². The Morgan fingerprint density at radius 2 is 1.75 bits per heavy atom. The van der Waals surface area contributed by atoms with Crippen molar-refractivity contribution in [3.63, 3.8) is 0 Å². The highest BCUT2D eigenvalue weighted by Gasteiger charge is 2.67. The molecule has 0 aromatic carbocycles. The van der Waals surface area contributed by atoms with Gasteiger partial charge in [-0.1, -0.05) is 32.8 Å². The Morgan fingerprint density at radius 3 is 2.54 bits per heavy atom. The Balaban J connectivity index is 1.46. The summed E-state index contributed by atoms with van der Waals surface area (Å²) in [6.07, 6.45) is 16.1. The second-order valence-electron chi connectivity index (χ2n) is 11.3. The van der Waals surface area contributed by atoms with Gasteiger partial charge in [-0.05, 0) is 87.4 Å². The summed E-state index contributed by atoms with van der Waals surface area (Å²) in [5.74, 6) is 2.48. The molecule has 0 amide bonds. The second kappa shape index (κ2) is 6.33. The molecule has 0 aromatic rings. The van der Waals surface area contributed by atoms with E-state index in [1.54, 1.807) is 6.08 Å². The Kier molecular flexibility index (Phi) is 4.33. The van der Waals surface area contributed by atoms with Gasteiger partial charge in [0.2, 0.25) is 0 Å². The molecule has 5 aliphatic rings. The van der Waals surface area contributed by atoms with Crippen LogP contribution in [-0.2, 0) is 9.53 Å². The van der Waals surface area contributed by atoms with Crippen molar-refractivity contribution < 1.29 is 14.6 Å². The van der Waals surface area contributed by atoms with Gasteiger partial charge in [-0.15, -0.1) is 0 Å². The molecule has 0 saturated heterocycles. The molecule has 0 bridgehead atoms. The van der Waals surface area contributed by atoms with Gasteiger partial charge in [-0.25, -0.2) is 4.79 Å². The maximum absolute atomic E-state index is 12.3. The van der Waals surface area contributed by atoms with Crippen LogP contribution in [0.2, 0.25) is 0 Å². The number of aliphatic hydroxyl groups is 1. The minimum atomic E-state index is -0.541. The molecule has 5 rings (SSSR count). The van der Waals surface area contributed by atoms with E-state index in [9.17, 15) is 9.90 Å². The van der Waals surface area contributed by atoms with E-state index in [-0.39, 0.29) is 23.4 Å². The Hall–Kier alpha value is -0.830. The fraction of sp³-hybridized carbons (Fsp3) is 0.880. The van der Waals surface area contributed by atoms with E-state index in [0.717, 1.165) is 25.2 Å². The number of carbonyl (C=O) groups is 1. The number of rotatable bonds is 1. The average Bonchev–Trinajstić information content (AvgIpc) is 2.93. The molecular weight excluding hydrogens is 348 g/mol. The molecule has 4 saturated carbocycles. The maximum Gasteiger partial charge on any atom is 0.330 e. The minimum Gasteiger partial charge on any atom is -0.459 e. The molecule has 1 aliphatic heterocycles. The third-order valence-electron chi connectivity index (χ3n) is 10.6. The van der Waals surface area contributed by atoms with Gasteiger partial charge < -0.3 is 9.84 Å². The van der Waals surface area contributed by atoms with E-state index < -0.39 is 5.60 Å². The SMILES string of the molecule is CC1OC(=O)C=CC1[C@H]1CC[C@]2(O)[C@@H]3CC[C@@H]4CCCC[C@]4(C)C3CC[C@]12C. The summed E-state index contributed by atoms with van der Waals surface area (Å²) >= 11 is 0. The predicted molar refractivity (Wildman–Crippen MR) is 109 cm³/mol. The van der Waals surface area contributed by atoms with Crippen molar-refractivity contribution >= 4 is 5.97 Å². The van der Waals surface area contributed by atoms with E-state index in [2.05, 4.69) is 19.9 Å². The molecule has 28 heavy (non-hydrogen) atoms. The van der Waals surface area contributed by atoms with Crippen molar-refractivity contribution in [2.24, 2.45) is 40.4 Å². The molecule has 0 aromatic heterocycles. The van der Waals surface area contributed by atoms with Crippen LogP contribution in [0.25, 0.3) is 0 Å². The van der Waals surface area contributed by atoms with Crippen LogP contribution >= 0.6 is 0 Å². The normalized spacial score (nSPS) is 55.8. The molecule has 156 valence electrons. The quantitative estimate of drug-likeness (QED) is 0.625. The molecule has 0 spiro atoms. The number of ether oxygens (including phenoxy) is 1. The first-order valence-electron chi connectivity index (χ1n) is 11.9. The lowest BCUT2D eigenvalue weighted by atomic mass is 9.43. The Morgan fingerprint density at radius 1 is 0.964 bits per heavy atom. The zero-order chi connectivity index (χ0) is 19.7. The van der Waals surface area contributed by atoms with Crippen LogP contribution in [0.5, 0.6) is 0 Å². The third-order valence-corrected chi connectivity index (χ3v) is 10.6. The van der Waals surface area contributed by atoms with Crippen LogP contribution in [0.3, 0.4) is 0 Å². The monoisotopic (exact) mass is 386 g/mol. The van der Waals surface area contributed by atoms with Gasteiger partial charge in [-0.2, -0.15) is 0 Å². The highest BCUT2D eigenvalue weighted by atomic mass is 16.5. The van der Waals surface area contributed by atoms with Gasteiger partial charge in [-0.3, -0.25) is 0 Å². The summed E-state index contributed by atoms with van der Waals surface area (Å²) in [7, 11) is 0. The fourth-order valence-electron chi connectivity index (χ4n) is 9.03. The molecule has 1 heterocycles. The van der Waals surface area contributed by atoms with Gasteiger partial charge in [0.25, 0.3) is 0 Å². The third kappa shape index (κ3) is 2.41. The van der Waals surface area contributed by atoms with Gasteiger partial charge >= 0.3 is 5.97 Å². The summed E-state index contributed by atoms with van der Waals surface area (Å²) in [4.78, 5) is 11.7. The van der Waals surface area contributed by atoms with Crippen LogP contribution in [0, 0.1) is 40.4 Å². The highest BCUT2D eigenvalue weighted by molar-refractivity contribution is 5.83. The van der Waals surface area contributed by atoms with E-state index in [1.807, 2.05) is 6.92 Å². The van der Waals surface area contributed by atoms with Crippen molar-refractivity contribution in [3.8, 4) is 0 Å². The van der Waals surface area contributed by atoms with Crippen molar-refractivity contribution in [3.05, 3.63) is 12.2 Å². The van der Waals surface area contributed by atoms with Gasteiger partial charge in [0.15, 0.2) is 0 Å². The molecule has 9 atom stereocenters. The number of cyclic esters (lactones) is 1. The summed E-state index contributed by atoms with van der Waals surface area (Å²) < 4.78 is 5.55. The van der Waals surface area contributed by atoms with Crippen LogP contribution in [0.4, 0.5) is 0 Å². The van der Waals surface area contributed by atoms with E-state index in [4.69, 9.17) is 4.74 Å². The van der Waals surface area contributed by atoms with Crippen molar-refractivity contribution in [2.75, 3.05) is 0 Å². The molecular formula is C25H38O3.